The van der Waals surface area contributed by atoms with Gasteiger partial charge >= 0.3 is 6.18 Å². The molecule has 2 fully saturated rings. The number of halogens is 5. The molecule has 33 heavy (non-hydrogen) atoms. The van der Waals surface area contributed by atoms with Crippen molar-refractivity contribution in [2.45, 2.75) is 24.9 Å². The molecular formula is C21H16ClF4N5O2. The Morgan fingerprint density at radius 1 is 1.18 bits per heavy atom. The van der Waals surface area contributed by atoms with Crippen molar-refractivity contribution >= 4 is 34.7 Å². The molecule has 5 rings (SSSR count). The Kier molecular flexibility index (Phi) is 5.04. The Morgan fingerprint density at radius 3 is 2.58 bits per heavy atom. The lowest BCUT2D eigenvalue weighted by Gasteiger charge is -2.33. The zero-order valence-electron chi connectivity index (χ0n) is 16.9. The fraction of sp³-hybridized carbons (Fsp3) is 0.333. The van der Waals surface area contributed by atoms with Gasteiger partial charge in [0.25, 0.3) is 5.91 Å². The van der Waals surface area contributed by atoms with Gasteiger partial charge < -0.3 is 4.90 Å². The molecule has 3 aromatic heterocycles. The molecule has 0 bridgehead atoms. The first-order valence-electron chi connectivity index (χ1n) is 10.1. The molecule has 7 nitrogen and oxygen atoms in total. The molecule has 2 amide bonds. The molecule has 172 valence electrons. The van der Waals surface area contributed by atoms with Crippen molar-refractivity contribution in [1.29, 1.82) is 0 Å². The van der Waals surface area contributed by atoms with Gasteiger partial charge in [-0.25, -0.2) is 13.9 Å². The number of amides is 2. The average molecular weight is 482 g/mol. The number of carbonyl (C=O) groups is 2. The van der Waals surface area contributed by atoms with Crippen molar-refractivity contribution in [3.8, 4) is 0 Å². The van der Waals surface area contributed by atoms with Crippen molar-refractivity contribution in [1.82, 2.24) is 19.5 Å². The molecule has 1 saturated heterocycles. The Hall–Kier alpha value is -3.21. The van der Waals surface area contributed by atoms with E-state index in [1.54, 1.807) is 0 Å². The molecule has 0 unspecified atom stereocenters. The molecule has 0 radical (unpaired) electrons. The van der Waals surface area contributed by atoms with E-state index in [9.17, 15) is 27.2 Å². The average Bonchev–Trinajstić information content (AvgIpc) is 3.57. The molecule has 1 aliphatic carbocycles. The van der Waals surface area contributed by atoms with Gasteiger partial charge in [-0.05, 0) is 48.6 Å². The second kappa shape index (κ2) is 7.68. The fourth-order valence-corrected chi connectivity index (χ4v) is 4.18. The van der Waals surface area contributed by atoms with Crippen LogP contribution in [0.4, 0.5) is 23.4 Å². The first-order chi connectivity index (χ1) is 15.6. The summed E-state index contributed by atoms with van der Waals surface area (Å²) in [7, 11) is 0. The molecule has 1 saturated carbocycles. The predicted molar refractivity (Wildman–Crippen MR) is 110 cm³/mol. The normalized spacial score (nSPS) is 17.2. The van der Waals surface area contributed by atoms with Crippen molar-refractivity contribution < 1.29 is 27.2 Å². The number of piperazine rings is 1. The Morgan fingerprint density at radius 2 is 1.94 bits per heavy atom. The molecule has 0 spiro atoms. The highest BCUT2D eigenvalue weighted by Crippen LogP contribution is 2.43. The lowest BCUT2D eigenvalue weighted by Crippen LogP contribution is -2.53. The molecule has 2 aliphatic rings. The van der Waals surface area contributed by atoms with Crippen LogP contribution < -0.4 is 4.90 Å². The highest BCUT2D eigenvalue weighted by Gasteiger charge is 2.39. The van der Waals surface area contributed by atoms with E-state index >= 15 is 0 Å². The summed E-state index contributed by atoms with van der Waals surface area (Å²) in [4.78, 5) is 31.8. The van der Waals surface area contributed by atoms with Crippen LogP contribution in [0.25, 0.3) is 5.52 Å². The Balaban J connectivity index is 1.46. The molecule has 12 heteroatoms. The van der Waals surface area contributed by atoms with Crippen LogP contribution in [0.1, 0.15) is 40.5 Å². The number of hydrogen-bond donors (Lipinski definition) is 0. The number of carbonyl (C=O) groups excluding carboxylic acids is 2. The minimum absolute atomic E-state index is 0.00421. The maximum Gasteiger partial charge on any atom is 0.433 e. The van der Waals surface area contributed by atoms with Gasteiger partial charge in [-0.1, -0.05) is 11.6 Å². The van der Waals surface area contributed by atoms with Crippen LogP contribution >= 0.6 is 11.6 Å². The number of alkyl halides is 3. The quantitative estimate of drug-likeness (QED) is 0.532. The predicted octanol–water partition coefficient (Wildman–Crippen LogP) is 3.91. The number of rotatable bonds is 3. The number of pyridine rings is 2. The monoisotopic (exact) mass is 481 g/mol. The molecule has 4 heterocycles. The minimum Gasteiger partial charge on any atom is -0.326 e. The van der Waals surface area contributed by atoms with E-state index in [0.717, 1.165) is 34.8 Å². The number of nitrogens with zero attached hydrogens (tertiary/aromatic N) is 5. The van der Waals surface area contributed by atoms with E-state index in [0.29, 0.717) is 10.1 Å². The fourth-order valence-electron chi connectivity index (χ4n) is 3.93. The van der Waals surface area contributed by atoms with Crippen LogP contribution in [0.2, 0.25) is 5.02 Å². The van der Waals surface area contributed by atoms with Gasteiger partial charge in [-0.2, -0.15) is 18.3 Å². The van der Waals surface area contributed by atoms with Gasteiger partial charge in [0.1, 0.15) is 12.2 Å². The summed E-state index contributed by atoms with van der Waals surface area (Å²) < 4.78 is 55.7. The molecule has 3 aromatic rings. The third kappa shape index (κ3) is 3.79. The standard InChI is InChI=1S/C21H16ClF4N5O2/c22-17-14-8-12(11-3-4-11)9-15(21(24,25)26)31(14)28-18(17)20(33)29-6-7-30(16(32)10-29)19-13(23)2-1-5-27-19/h1-2,5,8-9,11H,3-4,6-7,10H2. The maximum absolute atomic E-state index is 14.0. The van der Waals surface area contributed by atoms with Crippen LogP contribution in [-0.4, -0.2) is 50.9 Å². The van der Waals surface area contributed by atoms with E-state index in [-0.39, 0.29) is 41.1 Å². The first-order valence-corrected chi connectivity index (χ1v) is 10.5. The lowest BCUT2D eigenvalue weighted by atomic mass is 10.1. The summed E-state index contributed by atoms with van der Waals surface area (Å²) in [5.41, 5.74) is -0.913. The number of aromatic nitrogens is 3. The summed E-state index contributed by atoms with van der Waals surface area (Å²) in [5, 5.41) is 3.66. The smallest absolute Gasteiger partial charge is 0.326 e. The summed E-state index contributed by atoms with van der Waals surface area (Å²) in [6.07, 6.45) is -1.79. The van der Waals surface area contributed by atoms with E-state index < -0.39 is 36.0 Å². The van der Waals surface area contributed by atoms with Crippen LogP contribution in [0.15, 0.2) is 30.5 Å². The molecule has 0 N–H and O–H groups in total. The van der Waals surface area contributed by atoms with Crippen LogP contribution in [-0.2, 0) is 11.0 Å². The Labute approximate surface area is 189 Å². The van der Waals surface area contributed by atoms with Gasteiger partial charge in [0.05, 0.1) is 10.5 Å². The van der Waals surface area contributed by atoms with E-state index in [2.05, 4.69) is 10.1 Å². The number of fused-ring (bicyclic) bond motifs is 1. The summed E-state index contributed by atoms with van der Waals surface area (Å²) in [5.74, 6) is -2.17. The van der Waals surface area contributed by atoms with E-state index in [1.807, 2.05) is 0 Å². The highest BCUT2D eigenvalue weighted by atomic mass is 35.5. The van der Waals surface area contributed by atoms with Crippen LogP contribution in [0.5, 0.6) is 0 Å². The van der Waals surface area contributed by atoms with Gasteiger partial charge in [0.2, 0.25) is 5.91 Å². The molecule has 1 aliphatic heterocycles. The maximum atomic E-state index is 14.0. The zero-order valence-corrected chi connectivity index (χ0v) is 17.7. The van der Waals surface area contributed by atoms with Gasteiger partial charge in [-0.3, -0.25) is 14.5 Å². The third-order valence-corrected chi connectivity index (χ3v) is 6.11. The summed E-state index contributed by atoms with van der Waals surface area (Å²) >= 11 is 6.32. The van der Waals surface area contributed by atoms with Crippen molar-refractivity contribution in [3.05, 3.63) is 58.3 Å². The van der Waals surface area contributed by atoms with Crippen molar-refractivity contribution in [2.24, 2.45) is 0 Å². The number of anilines is 1. The van der Waals surface area contributed by atoms with Crippen LogP contribution in [0, 0.1) is 5.82 Å². The van der Waals surface area contributed by atoms with Gasteiger partial charge in [-0.15, -0.1) is 0 Å². The third-order valence-electron chi connectivity index (χ3n) is 5.74. The highest BCUT2D eigenvalue weighted by molar-refractivity contribution is 6.36. The second-order valence-corrected chi connectivity index (χ2v) is 8.36. The minimum atomic E-state index is -4.70. The summed E-state index contributed by atoms with van der Waals surface area (Å²) in [6, 6.07) is 5.11. The van der Waals surface area contributed by atoms with Crippen molar-refractivity contribution in [2.75, 3.05) is 24.5 Å². The van der Waals surface area contributed by atoms with Gasteiger partial charge in [0.15, 0.2) is 17.3 Å². The van der Waals surface area contributed by atoms with Crippen LogP contribution in [0.3, 0.4) is 0 Å². The Bertz CT molecular complexity index is 1290. The zero-order chi connectivity index (χ0) is 23.5. The molecule has 0 atom stereocenters. The van der Waals surface area contributed by atoms with Gasteiger partial charge in [0, 0.05) is 19.3 Å². The molecular weight excluding hydrogens is 466 g/mol. The second-order valence-electron chi connectivity index (χ2n) is 7.99. The summed E-state index contributed by atoms with van der Waals surface area (Å²) in [6.45, 7) is -0.453. The SMILES string of the molecule is O=C(c1nn2c(C(F)(F)F)cc(C3CC3)cc2c1Cl)N1CCN(c2ncccc2F)C(=O)C1. The first kappa shape index (κ1) is 21.6. The lowest BCUT2D eigenvalue weighted by molar-refractivity contribution is -0.142. The number of hydrogen-bond acceptors (Lipinski definition) is 4. The van der Waals surface area contributed by atoms with E-state index in [4.69, 9.17) is 11.6 Å². The molecule has 0 aromatic carbocycles. The topological polar surface area (TPSA) is 70.8 Å². The van der Waals surface area contributed by atoms with E-state index in [1.165, 1.54) is 18.3 Å². The largest absolute Gasteiger partial charge is 0.433 e. The van der Waals surface area contributed by atoms with Crippen molar-refractivity contribution in [3.63, 3.8) is 0 Å².